The van der Waals surface area contributed by atoms with E-state index in [9.17, 15) is 9.90 Å². The number of nitrogens with zero attached hydrogens (tertiary/aromatic N) is 1. The fourth-order valence-corrected chi connectivity index (χ4v) is 2.11. The Balaban J connectivity index is 1.95. The van der Waals surface area contributed by atoms with E-state index in [0.29, 0.717) is 25.3 Å². The van der Waals surface area contributed by atoms with Crippen LogP contribution in [0.15, 0.2) is 30.3 Å². The van der Waals surface area contributed by atoms with Crippen molar-refractivity contribution in [2.45, 2.75) is 32.0 Å². The summed E-state index contributed by atoms with van der Waals surface area (Å²) in [6.45, 7) is 4.43. The van der Waals surface area contributed by atoms with Crippen LogP contribution in [0.5, 0.6) is 5.75 Å². The van der Waals surface area contributed by atoms with Crippen LogP contribution in [0.25, 0.3) is 0 Å². The molecule has 1 aromatic carbocycles. The number of aliphatic hydroxyl groups is 1. The highest BCUT2D eigenvalue weighted by Crippen LogP contribution is 2.22. The normalized spacial score (nSPS) is 18.9. The number of hydrogen-bond donors (Lipinski definition) is 1. The van der Waals surface area contributed by atoms with Crippen LogP contribution >= 0.6 is 0 Å². The van der Waals surface area contributed by atoms with Gasteiger partial charge in [0.1, 0.15) is 5.75 Å². The Morgan fingerprint density at radius 3 is 2.56 bits per heavy atom. The molecular formula is C14H19NO3. The van der Waals surface area contributed by atoms with Gasteiger partial charge in [0.2, 0.25) is 0 Å². The van der Waals surface area contributed by atoms with E-state index in [0.717, 1.165) is 0 Å². The SMILES string of the molecule is CCC(Oc1ccccc1)C(=O)N1CC(C)(O)C1. The molecule has 1 unspecified atom stereocenters. The summed E-state index contributed by atoms with van der Waals surface area (Å²) >= 11 is 0. The Morgan fingerprint density at radius 2 is 2.06 bits per heavy atom. The summed E-state index contributed by atoms with van der Waals surface area (Å²) in [5.74, 6) is 0.651. The average Bonchev–Trinajstić information content (AvgIpc) is 2.33. The first-order valence-electron chi connectivity index (χ1n) is 6.25. The molecule has 4 nitrogen and oxygen atoms in total. The van der Waals surface area contributed by atoms with E-state index in [1.807, 2.05) is 37.3 Å². The fraction of sp³-hybridized carbons (Fsp3) is 0.500. The number of amides is 1. The minimum Gasteiger partial charge on any atom is -0.481 e. The first-order valence-corrected chi connectivity index (χ1v) is 6.25. The number of para-hydroxylation sites is 1. The van der Waals surface area contributed by atoms with Gasteiger partial charge in [-0.25, -0.2) is 0 Å². The number of rotatable bonds is 4. The number of carbonyl (C=O) groups excluding carboxylic acids is 1. The predicted molar refractivity (Wildman–Crippen MR) is 68.4 cm³/mol. The second-order valence-electron chi connectivity index (χ2n) is 5.02. The van der Waals surface area contributed by atoms with Crippen molar-refractivity contribution in [3.05, 3.63) is 30.3 Å². The third-order valence-electron chi connectivity index (χ3n) is 3.04. The van der Waals surface area contributed by atoms with Gasteiger partial charge in [-0.2, -0.15) is 0 Å². The third-order valence-corrected chi connectivity index (χ3v) is 3.04. The first-order chi connectivity index (χ1) is 8.52. The Morgan fingerprint density at radius 1 is 1.44 bits per heavy atom. The van der Waals surface area contributed by atoms with Gasteiger partial charge in [-0.1, -0.05) is 25.1 Å². The molecule has 98 valence electrons. The summed E-state index contributed by atoms with van der Waals surface area (Å²) in [5.41, 5.74) is -0.735. The maximum Gasteiger partial charge on any atom is 0.263 e. The maximum atomic E-state index is 12.1. The molecule has 0 aliphatic carbocycles. The van der Waals surface area contributed by atoms with E-state index in [1.54, 1.807) is 11.8 Å². The topological polar surface area (TPSA) is 49.8 Å². The second-order valence-corrected chi connectivity index (χ2v) is 5.02. The highest BCUT2D eigenvalue weighted by molar-refractivity contribution is 5.82. The van der Waals surface area contributed by atoms with E-state index in [2.05, 4.69) is 0 Å². The van der Waals surface area contributed by atoms with Crippen molar-refractivity contribution in [3.8, 4) is 5.75 Å². The third kappa shape index (κ3) is 2.82. The van der Waals surface area contributed by atoms with Crippen molar-refractivity contribution in [3.63, 3.8) is 0 Å². The number of ether oxygens (including phenoxy) is 1. The van der Waals surface area contributed by atoms with Crippen molar-refractivity contribution < 1.29 is 14.6 Å². The molecule has 2 rings (SSSR count). The number of benzene rings is 1. The standard InChI is InChI=1S/C14H19NO3/c1-3-12(18-11-7-5-4-6-8-11)13(16)15-9-14(2,17)10-15/h4-8,12,17H,3,9-10H2,1-2H3. The molecule has 1 aliphatic heterocycles. The highest BCUT2D eigenvalue weighted by Gasteiger charge is 2.41. The molecule has 0 bridgehead atoms. The molecule has 1 aliphatic rings. The Kier molecular flexibility index (Phi) is 3.57. The van der Waals surface area contributed by atoms with Gasteiger partial charge in [0.15, 0.2) is 6.10 Å². The Bertz CT molecular complexity index is 408. The molecule has 0 radical (unpaired) electrons. The van der Waals surface area contributed by atoms with Crippen LogP contribution in [-0.2, 0) is 4.79 Å². The molecule has 18 heavy (non-hydrogen) atoms. The van der Waals surface area contributed by atoms with Crippen LogP contribution in [0, 0.1) is 0 Å². The van der Waals surface area contributed by atoms with Gasteiger partial charge < -0.3 is 14.7 Å². The molecule has 1 atom stereocenters. The van der Waals surface area contributed by atoms with Crippen molar-refractivity contribution >= 4 is 5.91 Å². The molecule has 0 aromatic heterocycles. The Labute approximate surface area is 107 Å². The van der Waals surface area contributed by atoms with Crippen molar-refractivity contribution in [1.29, 1.82) is 0 Å². The van der Waals surface area contributed by atoms with Gasteiger partial charge in [-0.15, -0.1) is 0 Å². The highest BCUT2D eigenvalue weighted by atomic mass is 16.5. The fourth-order valence-electron chi connectivity index (χ4n) is 2.11. The molecule has 1 fully saturated rings. The van der Waals surface area contributed by atoms with Crippen molar-refractivity contribution in [1.82, 2.24) is 4.90 Å². The molecule has 1 aromatic rings. The minimum atomic E-state index is -0.735. The van der Waals surface area contributed by atoms with Gasteiger partial charge in [0, 0.05) is 0 Å². The van der Waals surface area contributed by atoms with Gasteiger partial charge in [-0.05, 0) is 25.5 Å². The van der Waals surface area contributed by atoms with Crippen LogP contribution in [0.2, 0.25) is 0 Å². The number of β-amino-alcohol motifs (C(OH)–C–C–N with tert-alkyl or cyclic N) is 1. The van der Waals surface area contributed by atoms with E-state index in [1.165, 1.54) is 0 Å². The average molecular weight is 249 g/mol. The zero-order valence-electron chi connectivity index (χ0n) is 10.8. The van der Waals surface area contributed by atoms with Crippen LogP contribution in [0.1, 0.15) is 20.3 Å². The first kappa shape index (κ1) is 12.9. The molecular weight excluding hydrogens is 230 g/mol. The lowest BCUT2D eigenvalue weighted by atomic mass is 9.96. The van der Waals surface area contributed by atoms with E-state index in [4.69, 9.17) is 4.74 Å². The molecule has 0 saturated carbocycles. The lowest BCUT2D eigenvalue weighted by Gasteiger charge is -2.45. The Hall–Kier alpha value is -1.55. The number of hydrogen-bond acceptors (Lipinski definition) is 3. The van der Waals surface area contributed by atoms with E-state index in [-0.39, 0.29) is 5.91 Å². The largest absolute Gasteiger partial charge is 0.481 e. The molecule has 1 amide bonds. The van der Waals surface area contributed by atoms with Crippen LogP contribution < -0.4 is 4.74 Å². The second kappa shape index (κ2) is 4.98. The monoisotopic (exact) mass is 249 g/mol. The number of carbonyl (C=O) groups is 1. The van der Waals surface area contributed by atoms with Crippen LogP contribution in [0.3, 0.4) is 0 Å². The van der Waals surface area contributed by atoms with Crippen LogP contribution in [-0.4, -0.2) is 40.7 Å². The predicted octanol–water partition coefficient (Wildman–Crippen LogP) is 1.44. The summed E-state index contributed by atoms with van der Waals surface area (Å²) in [5, 5.41) is 9.64. The van der Waals surface area contributed by atoms with Gasteiger partial charge in [-0.3, -0.25) is 4.79 Å². The molecule has 1 N–H and O–H groups in total. The van der Waals surface area contributed by atoms with Gasteiger partial charge >= 0.3 is 0 Å². The van der Waals surface area contributed by atoms with Crippen molar-refractivity contribution in [2.24, 2.45) is 0 Å². The zero-order chi connectivity index (χ0) is 13.2. The summed E-state index contributed by atoms with van der Waals surface area (Å²) < 4.78 is 5.68. The lowest BCUT2D eigenvalue weighted by Crippen LogP contribution is -2.64. The lowest BCUT2D eigenvalue weighted by molar-refractivity contribution is -0.159. The molecule has 1 saturated heterocycles. The zero-order valence-corrected chi connectivity index (χ0v) is 10.8. The molecule has 1 heterocycles. The summed E-state index contributed by atoms with van der Waals surface area (Å²) in [7, 11) is 0. The minimum absolute atomic E-state index is 0.0483. The summed E-state index contributed by atoms with van der Waals surface area (Å²) in [6.07, 6.45) is 0.148. The van der Waals surface area contributed by atoms with Crippen LogP contribution in [0.4, 0.5) is 0 Å². The quantitative estimate of drug-likeness (QED) is 0.878. The van der Waals surface area contributed by atoms with E-state index < -0.39 is 11.7 Å². The number of likely N-dealkylation sites (tertiary alicyclic amines) is 1. The summed E-state index contributed by atoms with van der Waals surface area (Å²) in [4.78, 5) is 13.8. The van der Waals surface area contributed by atoms with E-state index >= 15 is 0 Å². The smallest absolute Gasteiger partial charge is 0.263 e. The molecule has 0 spiro atoms. The molecule has 4 heteroatoms. The maximum absolute atomic E-state index is 12.1. The van der Waals surface area contributed by atoms with Crippen molar-refractivity contribution in [2.75, 3.05) is 13.1 Å². The summed E-state index contributed by atoms with van der Waals surface area (Å²) in [6, 6.07) is 9.33. The van der Waals surface area contributed by atoms with Gasteiger partial charge in [0.05, 0.1) is 18.7 Å². The van der Waals surface area contributed by atoms with Gasteiger partial charge in [0.25, 0.3) is 5.91 Å².